The number of benzene rings is 1. The van der Waals surface area contributed by atoms with Gasteiger partial charge in [0.15, 0.2) is 6.10 Å². The minimum atomic E-state index is -0.965. The van der Waals surface area contributed by atoms with Crippen molar-refractivity contribution in [2.75, 3.05) is 5.75 Å². The van der Waals surface area contributed by atoms with Gasteiger partial charge < -0.3 is 14.7 Å². The summed E-state index contributed by atoms with van der Waals surface area (Å²) in [6, 6.07) is 10.8. The van der Waals surface area contributed by atoms with Gasteiger partial charge in [0, 0.05) is 28.2 Å². The van der Waals surface area contributed by atoms with Crippen LogP contribution in [-0.4, -0.2) is 33.6 Å². The highest BCUT2D eigenvalue weighted by atomic mass is 32.2. The number of pyridine rings is 1. The van der Waals surface area contributed by atoms with E-state index in [0.717, 1.165) is 22.7 Å². The Labute approximate surface area is 171 Å². The lowest BCUT2D eigenvalue weighted by Gasteiger charge is -2.13. The van der Waals surface area contributed by atoms with Crippen LogP contribution in [0.5, 0.6) is 0 Å². The molecule has 148 valence electrons. The second-order valence-corrected chi connectivity index (χ2v) is 7.57. The molecule has 0 aliphatic rings. The Balaban J connectivity index is 1.70. The van der Waals surface area contributed by atoms with Crippen LogP contribution in [-0.2, 0) is 9.53 Å². The van der Waals surface area contributed by atoms with Crippen LogP contribution in [0.3, 0.4) is 0 Å². The van der Waals surface area contributed by atoms with E-state index < -0.39 is 12.1 Å². The summed E-state index contributed by atoms with van der Waals surface area (Å²) in [6.07, 6.45) is -0.965. The Morgan fingerprint density at radius 1 is 1.24 bits per heavy atom. The van der Waals surface area contributed by atoms with Crippen LogP contribution in [0.1, 0.15) is 34.1 Å². The minimum absolute atomic E-state index is 0.140. The van der Waals surface area contributed by atoms with Gasteiger partial charge in [0.25, 0.3) is 0 Å². The molecule has 0 bridgehead atoms. The summed E-state index contributed by atoms with van der Waals surface area (Å²) in [7, 11) is 0. The zero-order chi connectivity index (χ0) is 21.1. The van der Waals surface area contributed by atoms with Gasteiger partial charge >= 0.3 is 5.97 Å². The first-order valence-corrected chi connectivity index (χ1v) is 9.88. The van der Waals surface area contributed by atoms with Crippen LogP contribution >= 0.6 is 11.8 Å². The summed E-state index contributed by atoms with van der Waals surface area (Å²) >= 11 is 0.995. The van der Waals surface area contributed by atoms with E-state index in [-0.39, 0.29) is 17.1 Å². The highest BCUT2D eigenvalue weighted by molar-refractivity contribution is 7.99. The number of fused-ring (bicyclic) bond motifs is 1. The van der Waals surface area contributed by atoms with Crippen molar-refractivity contribution >= 4 is 34.4 Å². The Morgan fingerprint density at radius 2 is 1.97 bits per heavy atom. The molecular formula is C21H19N3O4S. The Bertz CT molecular complexity index is 1200. The molecule has 0 aliphatic heterocycles. The number of nitrogens with one attached hydrogen (secondary N) is 2. The maximum Gasteiger partial charge on any atom is 0.317 e. The number of carbonyl (C=O) groups is 2. The molecule has 29 heavy (non-hydrogen) atoms. The first-order chi connectivity index (χ1) is 13.8. The number of H-pyrrole nitrogens is 2. The number of aromatic nitrogens is 2. The number of hydrogen-bond donors (Lipinski definition) is 2. The summed E-state index contributed by atoms with van der Waals surface area (Å²) < 4.78 is 5.30. The van der Waals surface area contributed by atoms with E-state index in [0.29, 0.717) is 27.4 Å². The van der Waals surface area contributed by atoms with Crippen molar-refractivity contribution in [1.29, 1.82) is 5.26 Å². The molecule has 3 rings (SSSR count). The van der Waals surface area contributed by atoms with Gasteiger partial charge in [0.05, 0.1) is 16.3 Å². The Morgan fingerprint density at radius 3 is 2.69 bits per heavy atom. The molecule has 1 aromatic carbocycles. The van der Waals surface area contributed by atoms with E-state index in [9.17, 15) is 19.6 Å². The molecular weight excluding hydrogens is 390 g/mol. The number of rotatable bonds is 6. The summed E-state index contributed by atoms with van der Waals surface area (Å²) in [5.74, 6) is -1.04. The van der Waals surface area contributed by atoms with Gasteiger partial charge in [-0.05, 0) is 32.4 Å². The van der Waals surface area contributed by atoms with Crippen molar-refractivity contribution in [3.05, 3.63) is 63.1 Å². The van der Waals surface area contributed by atoms with Crippen LogP contribution in [0, 0.1) is 25.2 Å². The number of ketones is 1. The molecule has 0 unspecified atom stereocenters. The number of hydrogen-bond acceptors (Lipinski definition) is 6. The molecule has 7 nitrogen and oxygen atoms in total. The van der Waals surface area contributed by atoms with E-state index >= 15 is 0 Å². The van der Waals surface area contributed by atoms with Crippen molar-refractivity contribution in [2.45, 2.75) is 31.9 Å². The molecule has 0 amide bonds. The largest absolute Gasteiger partial charge is 0.454 e. The van der Waals surface area contributed by atoms with Crippen LogP contribution in [0.15, 0.2) is 40.2 Å². The predicted octanol–water partition coefficient (Wildman–Crippen LogP) is 3.25. The van der Waals surface area contributed by atoms with E-state index in [2.05, 4.69) is 9.97 Å². The Hall–Kier alpha value is -3.31. The normalized spacial score (nSPS) is 11.8. The molecule has 2 aromatic heterocycles. The second kappa shape index (κ2) is 8.37. The van der Waals surface area contributed by atoms with Gasteiger partial charge in [-0.15, -0.1) is 0 Å². The Kier molecular flexibility index (Phi) is 5.89. The quantitative estimate of drug-likeness (QED) is 0.367. The van der Waals surface area contributed by atoms with Crippen LogP contribution in [0.4, 0.5) is 0 Å². The number of thioether (sulfide) groups is 1. The number of ether oxygens (including phenoxy) is 1. The molecule has 2 heterocycles. The predicted molar refractivity (Wildman–Crippen MR) is 110 cm³/mol. The first-order valence-electron chi connectivity index (χ1n) is 8.89. The van der Waals surface area contributed by atoms with Gasteiger partial charge in [-0.3, -0.25) is 14.4 Å². The summed E-state index contributed by atoms with van der Waals surface area (Å²) in [4.78, 5) is 42.4. The topological polar surface area (TPSA) is 116 Å². The lowest BCUT2D eigenvalue weighted by atomic mass is 10.0. The van der Waals surface area contributed by atoms with Crippen molar-refractivity contribution in [1.82, 2.24) is 9.97 Å². The minimum Gasteiger partial charge on any atom is -0.454 e. The molecule has 0 spiro atoms. The highest BCUT2D eigenvalue weighted by Crippen LogP contribution is 2.25. The number of nitrogens with zero attached hydrogens (tertiary/aromatic N) is 1. The molecule has 0 saturated carbocycles. The van der Waals surface area contributed by atoms with Crippen LogP contribution < -0.4 is 5.56 Å². The maximum atomic E-state index is 12.8. The lowest BCUT2D eigenvalue weighted by Crippen LogP contribution is -2.25. The fourth-order valence-corrected chi connectivity index (χ4v) is 3.97. The van der Waals surface area contributed by atoms with Gasteiger partial charge in [0.2, 0.25) is 11.3 Å². The molecule has 2 N–H and O–H groups in total. The van der Waals surface area contributed by atoms with E-state index in [4.69, 9.17) is 4.74 Å². The third-order valence-electron chi connectivity index (χ3n) is 4.47. The number of nitriles is 1. The highest BCUT2D eigenvalue weighted by Gasteiger charge is 2.24. The molecule has 0 saturated heterocycles. The average molecular weight is 409 g/mol. The summed E-state index contributed by atoms with van der Waals surface area (Å²) in [5, 5.41) is 10.3. The zero-order valence-electron chi connectivity index (χ0n) is 16.2. The molecule has 0 fully saturated rings. The van der Waals surface area contributed by atoms with Crippen molar-refractivity contribution in [3.8, 4) is 6.07 Å². The molecule has 8 heteroatoms. The van der Waals surface area contributed by atoms with Crippen molar-refractivity contribution < 1.29 is 14.3 Å². The van der Waals surface area contributed by atoms with Crippen molar-refractivity contribution in [3.63, 3.8) is 0 Å². The molecule has 1 atom stereocenters. The second-order valence-electron chi connectivity index (χ2n) is 6.59. The molecule has 3 aromatic rings. The number of aromatic amines is 2. The SMILES string of the molecule is Cc1cc(=O)[nH]c(SCC(=O)O[C@H](C)C(=O)c2c(C)[nH]c3ccccc23)c1C#N. The molecule has 0 radical (unpaired) electrons. The van der Waals surface area contributed by atoms with Crippen molar-refractivity contribution in [2.24, 2.45) is 0 Å². The fraction of sp³-hybridized carbons (Fsp3) is 0.238. The number of para-hydroxylation sites is 1. The van der Waals surface area contributed by atoms with E-state index in [1.54, 1.807) is 13.8 Å². The summed E-state index contributed by atoms with van der Waals surface area (Å²) in [5.41, 5.74) is 2.55. The third-order valence-corrected chi connectivity index (χ3v) is 5.44. The van der Waals surface area contributed by atoms with Gasteiger partial charge in [-0.25, -0.2) is 0 Å². The van der Waals surface area contributed by atoms with E-state index in [1.165, 1.54) is 13.0 Å². The van der Waals surface area contributed by atoms with E-state index in [1.807, 2.05) is 30.3 Å². The van der Waals surface area contributed by atoms with Crippen LogP contribution in [0.2, 0.25) is 0 Å². The first kappa shape index (κ1) is 20.4. The van der Waals surface area contributed by atoms with Gasteiger partial charge in [-0.1, -0.05) is 30.0 Å². The maximum absolute atomic E-state index is 12.8. The molecule has 0 aliphatic carbocycles. The number of Topliss-reactive ketones (excluding diaryl/α,β-unsaturated/α-hetero) is 1. The fourth-order valence-electron chi connectivity index (χ4n) is 3.12. The number of aryl methyl sites for hydroxylation is 2. The third kappa shape index (κ3) is 4.25. The standard InChI is InChI=1S/C21H19N3O4S/c1-11-8-17(25)24-21(15(11)9-22)29-10-18(26)28-13(3)20(27)19-12(2)23-16-7-5-4-6-14(16)19/h4-8,13,23H,10H2,1-3H3,(H,24,25)/t13-/m1/s1. The number of esters is 1. The average Bonchev–Trinajstić information content (AvgIpc) is 3.01. The monoisotopic (exact) mass is 409 g/mol. The smallest absolute Gasteiger partial charge is 0.317 e. The number of carbonyl (C=O) groups excluding carboxylic acids is 2. The van der Waals surface area contributed by atoms with Gasteiger partial charge in [0.1, 0.15) is 6.07 Å². The lowest BCUT2D eigenvalue weighted by molar-refractivity contribution is -0.143. The van der Waals surface area contributed by atoms with Gasteiger partial charge in [-0.2, -0.15) is 5.26 Å². The van der Waals surface area contributed by atoms with Crippen LogP contribution in [0.25, 0.3) is 10.9 Å². The summed E-state index contributed by atoms with van der Waals surface area (Å²) in [6.45, 7) is 4.98. The zero-order valence-corrected chi connectivity index (χ0v) is 17.0.